The number of nitrogens with zero attached hydrogens (tertiary/aromatic N) is 1. The number of para-hydroxylation sites is 1. The van der Waals surface area contributed by atoms with E-state index in [-0.39, 0.29) is 5.91 Å². The van der Waals surface area contributed by atoms with Crippen molar-refractivity contribution in [1.82, 2.24) is 9.88 Å². The molecule has 3 heterocycles. The fourth-order valence-corrected chi connectivity index (χ4v) is 4.57. The third-order valence-electron chi connectivity index (χ3n) is 6.14. The van der Waals surface area contributed by atoms with Crippen molar-refractivity contribution < 1.29 is 14.3 Å². The van der Waals surface area contributed by atoms with Gasteiger partial charge in [0.2, 0.25) is 5.91 Å². The topological polar surface area (TPSA) is 66.6 Å². The maximum atomic E-state index is 11.6. The van der Waals surface area contributed by atoms with Crippen molar-refractivity contribution in [3.05, 3.63) is 53.2 Å². The molecule has 0 fully saturated rings. The fourth-order valence-electron chi connectivity index (χ4n) is 4.57. The van der Waals surface area contributed by atoms with Gasteiger partial charge in [0.15, 0.2) is 0 Å². The lowest BCUT2D eigenvalue weighted by Gasteiger charge is -2.26. The van der Waals surface area contributed by atoms with E-state index in [0.29, 0.717) is 13.0 Å². The molecule has 2 N–H and O–H groups in total. The van der Waals surface area contributed by atoms with Crippen LogP contribution in [0.4, 0.5) is 5.69 Å². The highest BCUT2D eigenvalue weighted by Crippen LogP contribution is 2.33. The van der Waals surface area contributed by atoms with Crippen molar-refractivity contribution in [3.63, 3.8) is 0 Å². The largest absolute Gasteiger partial charge is 0.495 e. The first kappa shape index (κ1) is 19.0. The minimum atomic E-state index is 0.0821. The first-order valence-electron chi connectivity index (χ1n) is 10.7. The van der Waals surface area contributed by atoms with Crippen molar-refractivity contribution in [3.8, 4) is 11.5 Å². The Kier molecular flexibility index (Phi) is 5.09. The second-order valence-corrected chi connectivity index (χ2v) is 8.06. The number of H-pyrrole nitrogens is 1. The van der Waals surface area contributed by atoms with Gasteiger partial charge in [-0.1, -0.05) is 18.2 Å². The molecule has 156 valence electrons. The van der Waals surface area contributed by atoms with Crippen LogP contribution in [0.15, 0.2) is 36.4 Å². The van der Waals surface area contributed by atoms with Gasteiger partial charge in [-0.2, -0.15) is 0 Å². The molecule has 0 radical (unpaired) electrons. The SMILES string of the molecule is COc1cccc2c3c([nH]c12)CN(CCCOc1ccc2c(c1)NC(=O)CC2)CC3. The predicted octanol–water partition coefficient (Wildman–Crippen LogP) is 3.89. The van der Waals surface area contributed by atoms with Crippen molar-refractivity contribution >= 4 is 22.5 Å². The van der Waals surface area contributed by atoms with Crippen molar-refractivity contribution in [2.75, 3.05) is 32.1 Å². The zero-order valence-corrected chi connectivity index (χ0v) is 17.3. The number of benzene rings is 2. The molecule has 6 nitrogen and oxygen atoms in total. The number of aryl methyl sites for hydroxylation is 1. The highest BCUT2D eigenvalue weighted by Gasteiger charge is 2.21. The number of nitrogens with one attached hydrogen (secondary N) is 2. The van der Waals surface area contributed by atoms with E-state index >= 15 is 0 Å². The van der Waals surface area contributed by atoms with Gasteiger partial charge in [0, 0.05) is 48.9 Å². The normalized spacial score (nSPS) is 16.1. The van der Waals surface area contributed by atoms with Crippen LogP contribution in [0.2, 0.25) is 0 Å². The molecule has 5 rings (SSSR count). The summed E-state index contributed by atoms with van der Waals surface area (Å²) in [7, 11) is 1.72. The van der Waals surface area contributed by atoms with E-state index < -0.39 is 0 Å². The number of aromatic amines is 1. The standard InChI is InChI=1S/C24H27N3O3/c1-29-22-5-2-4-19-18-10-12-27(15-21(18)26-24(19)22)11-3-13-30-17-8-6-16-7-9-23(28)25-20(16)14-17/h2,4-6,8,14,26H,3,7,9-13,15H2,1H3,(H,25,28). The Morgan fingerprint density at radius 2 is 2.07 bits per heavy atom. The van der Waals surface area contributed by atoms with Crippen LogP contribution in [0.25, 0.3) is 10.9 Å². The molecule has 2 aliphatic rings. The van der Waals surface area contributed by atoms with Crippen LogP contribution in [0, 0.1) is 0 Å². The number of rotatable bonds is 6. The molecular formula is C24H27N3O3. The molecule has 2 aromatic carbocycles. The van der Waals surface area contributed by atoms with E-state index in [1.165, 1.54) is 22.2 Å². The van der Waals surface area contributed by atoms with Crippen LogP contribution in [0.1, 0.15) is 29.7 Å². The number of hydrogen-bond donors (Lipinski definition) is 2. The maximum absolute atomic E-state index is 11.6. The summed E-state index contributed by atoms with van der Waals surface area (Å²) in [6, 6.07) is 12.2. The smallest absolute Gasteiger partial charge is 0.224 e. The summed E-state index contributed by atoms with van der Waals surface area (Å²) in [5, 5.41) is 4.22. The molecule has 6 heteroatoms. The number of carbonyl (C=O) groups excluding carboxylic acids is 1. The summed E-state index contributed by atoms with van der Waals surface area (Å²) < 4.78 is 11.5. The quantitative estimate of drug-likeness (QED) is 0.611. The van der Waals surface area contributed by atoms with Crippen molar-refractivity contribution in [1.29, 1.82) is 0 Å². The van der Waals surface area contributed by atoms with Gasteiger partial charge in [0.05, 0.1) is 19.2 Å². The summed E-state index contributed by atoms with van der Waals surface area (Å²) in [5.74, 6) is 1.81. The lowest BCUT2D eigenvalue weighted by atomic mass is 10.0. The van der Waals surface area contributed by atoms with Crippen molar-refractivity contribution in [2.45, 2.75) is 32.2 Å². The third kappa shape index (κ3) is 3.63. The number of amides is 1. The van der Waals surface area contributed by atoms with Gasteiger partial charge in [-0.3, -0.25) is 9.69 Å². The molecular weight excluding hydrogens is 378 g/mol. The van der Waals surface area contributed by atoms with E-state index in [4.69, 9.17) is 9.47 Å². The van der Waals surface area contributed by atoms with Crippen LogP contribution in [0.5, 0.6) is 11.5 Å². The molecule has 3 aromatic rings. The minimum Gasteiger partial charge on any atom is -0.495 e. The average molecular weight is 405 g/mol. The lowest BCUT2D eigenvalue weighted by molar-refractivity contribution is -0.116. The van der Waals surface area contributed by atoms with Gasteiger partial charge in [-0.05, 0) is 42.5 Å². The van der Waals surface area contributed by atoms with Gasteiger partial charge in [0.1, 0.15) is 11.5 Å². The van der Waals surface area contributed by atoms with E-state index in [0.717, 1.165) is 61.6 Å². The summed E-state index contributed by atoms with van der Waals surface area (Å²) in [5.41, 5.74) is 5.90. The van der Waals surface area contributed by atoms with E-state index in [1.54, 1.807) is 7.11 Å². The predicted molar refractivity (Wildman–Crippen MR) is 117 cm³/mol. The van der Waals surface area contributed by atoms with Crippen LogP contribution in [0.3, 0.4) is 0 Å². The first-order valence-corrected chi connectivity index (χ1v) is 10.7. The van der Waals surface area contributed by atoms with Crippen LogP contribution >= 0.6 is 0 Å². The van der Waals surface area contributed by atoms with Crippen LogP contribution < -0.4 is 14.8 Å². The van der Waals surface area contributed by atoms with E-state index in [9.17, 15) is 4.79 Å². The second kappa shape index (κ2) is 8.03. The summed E-state index contributed by atoms with van der Waals surface area (Å²) in [6.45, 7) is 3.64. The highest BCUT2D eigenvalue weighted by molar-refractivity contribution is 5.94. The molecule has 0 spiro atoms. The molecule has 2 aliphatic heterocycles. The molecule has 0 atom stereocenters. The number of aromatic nitrogens is 1. The number of methoxy groups -OCH3 is 1. The molecule has 0 saturated carbocycles. The van der Waals surface area contributed by atoms with Crippen LogP contribution in [-0.2, 0) is 24.2 Å². The molecule has 0 saturated heterocycles. The van der Waals surface area contributed by atoms with Crippen molar-refractivity contribution in [2.24, 2.45) is 0 Å². The molecule has 1 amide bonds. The Balaban J connectivity index is 1.16. The molecule has 1 aromatic heterocycles. The monoisotopic (exact) mass is 405 g/mol. The number of anilines is 1. The van der Waals surface area contributed by atoms with Gasteiger partial charge in [-0.25, -0.2) is 0 Å². The molecule has 0 unspecified atom stereocenters. The molecule has 0 aliphatic carbocycles. The second-order valence-electron chi connectivity index (χ2n) is 8.06. The van der Waals surface area contributed by atoms with Gasteiger partial charge in [-0.15, -0.1) is 0 Å². The number of carbonyl (C=O) groups is 1. The average Bonchev–Trinajstić information content (AvgIpc) is 3.14. The highest BCUT2D eigenvalue weighted by atomic mass is 16.5. The van der Waals surface area contributed by atoms with Gasteiger partial charge >= 0.3 is 0 Å². The summed E-state index contributed by atoms with van der Waals surface area (Å²) in [4.78, 5) is 17.6. The summed E-state index contributed by atoms with van der Waals surface area (Å²) in [6.07, 6.45) is 3.38. The summed E-state index contributed by atoms with van der Waals surface area (Å²) >= 11 is 0. The zero-order valence-electron chi connectivity index (χ0n) is 17.3. The fraction of sp³-hybridized carbons (Fsp3) is 0.375. The number of hydrogen-bond acceptors (Lipinski definition) is 4. The number of fused-ring (bicyclic) bond motifs is 4. The Bertz CT molecular complexity index is 1090. The first-order chi connectivity index (χ1) is 14.7. The Morgan fingerprint density at radius 1 is 1.13 bits per heavy atom. The van der Waals surface area contributed by atoms with Gasteiger partial charge in [0.25, 0.3) is 0 Å². The Morgan fingerprint density at radius 3 is 2.97 bits per heavy atom. The molecule has 0 bridgehead atoms. The molecule has 30 heavy (non-hydrogen) atoms. The minimum absolute atomic E-state index is 0.0821. The van der Waals surface area contributed by atoms with E-state index in [1.807, 2.05) is 18.2 Å². The zero-order chi connectivity index (χ0) is 20.5. The van der Waals surface area contributed by atoms with E-state index in [2.05, 4.69) is 33.4 Å². The Labute approximate surface area is 176 Å². The third-order valence-corrected chi connectivity index (χ3v) is 6.14. The van der Waals surface area contributed by atoms with Crippen LogP contribution in [-0.4, -0.2) is 42.6 Å². The van der Waals surface area contributed by atoms with Gasteiger partial charge < -0.3 is 19.8 Å². The Hall–Kier alpha value is -2.99. The lowest BCUT2D eigenvalue weighted by Crippen LogP contribution is -2.31. The maximum Gasteiger partial charge on any atom is 0.224 e. The number of ether oxygens (including phenoxy) is 2.